The number of amides is 1. The summed E-state index contributed by atoms with van der Waals surface area (Å²) < 4.78 is 9.15. The number of nitrogens with zero attached hydrogens (tertiary/aromatic N) is 5. The number of carbonyl (C=O) groups excluding carboxylic acids is 1. The number of ether oxygens (including phenoxy) is 1. The zero-order valence-electron chi connectivity index (χ0n) is 14.1. The van der Waals surface area contributed by atoms with E-state index in [1.807, 2.05) is 38.1 Å². The van der Waals surface area contributed by atoms with Gasteiger partial charge >= 0.3 is 0 Å². The molecule has 2 aromatic rings. The molecule has 1 aliphatic heterocycles. The van der Waals surface area contributed by atoms with Crippen LogP contribution in [0, 0.1) is 13.8 Å². The summed E-state index contributed by atoms with van der Waals surface area (Å²) >= 11 is 0. The standard InChI is InChI=1S/C16H23N5O2/c1-11-7-14(18-19(11)3)16(22)20-6-5-13(9-20)21-12(2)8-17-15(21)10-23-4/h7-8,13H,5-6,9-10H2,1-4H3. The molecule has 1 fully saturated rings. The number of hydrogen-bond donors (Lipinski definition) is 0. The van der Waals surface area contributed by atoms with E-state index in [2.05, 4.69) is 14.6 Å². The number of likely N-dealkylation sites (tertiary alicyclic amines) is 1. The Bertz CT molecular complexity index is 699. The molecule has 7 heteroatoms. The zero-order valence-corrected chi connectivity index (χ0v) is 14.1. The van der Waals surface area contributed by atoms with Gasteiger partial charge in [0.05, 0.1) is 6.04 Å². The smallest absolute Gasteiger partial charge is 0.274 e. The number of aryl methyl sites for hydroxylation is 3. The van der Waals surface area contributed by atoms with Crippen molar-refractivity contribution in [3.8, 4) is 0 Å². The molecule has 3 heterocycles. The summed E-state index contributed by atoms with van der Waals surface area (Å²) in [7, 11) is 3.52. The van der Waals surface area contributed by atoms with Crippen LogP contribution in [0.2, 0.25) is 0 Å². The van der Waals surface area contributed by atoms with E-state index in [0.29, 0.717) is 18.8 Å². The van der Waals surface area contributed by atoms with Crippen LogP contribution in [0.15, 0.2) is 12.3 Å². The highest BCUT2D eigenvalue weighted by molar-refractivity contribution is 5.92. The van der Waals surface area contributed by atoms with Crippen molar-refractivity contribution in [1.82, 2.24) is 24.2 Å². The third-order valence-electron chi connectivity index (χ3n) is 4.48. The minimum Gasteiger partial charge on any atom is -0.377 e. The lowest BCUT2D eigenvalue weighted by Gasteiger charge is -2.19. The lowest BCUT2D eigenvalue weighted by molar-refractivity contribution is 0.0780. The number of imidazole rings is 1. The largest absolute Gasteiger partial charge is 0.377 e. The molecule has 0 aliphatic carbocycles. The predicted molar refractivity (Wildman–Crippen MR) is 85.2 cm³/mol. The molecule has 0 aromatic carbocycles. The van der Waals surface area contributed by atoms with E-state index >= 15 is 0 Å². The molecule has 0 saturated carbocycles. The molecular weight excluding hydrogens is 294 g/mol. The first-order valence-corrected chi connectivity index (χ1v) is 7.82. The Labute approximate surface area is 135 Å². The molecule has 0 bridgehead atoms. The van der Waals surface area contributed by atoms with Crippen molar-refractivity contribution in [2.75, 3.05) is 20.2 Å². The van der Waals surface area contributed by atoms with Crippen LogP contribution in [0.25, 0.3) is 0 Å². The molecule has 2 aromatic heterocycles. The summed E-state index contributed by atoms with van der Waals surface area (Å²) in [5.74, 6) is 0.917. The summed E-state index contributed by atoms with van der Waals surface area (Å²) in [6.07, 6.45) is 2.78. The summed E-state index contributed by atoms with van der Waals surface area (Å²) in [6, 6.07) is 2.09. The maximum absolute atomic E-state index is 12.6. The molecule has 1 atom stereocenters. The Balaban J connectivity index is 1.76. The minimum absolute atomic E-state index is 0.00209. The topological polar surface area (TPSA) is 65.2 Å². The Morgan fingerprint density at radius 3 is 2.83 bits per heavy atom. The van der Waals surface area contributed by atoms with Crippen molar-refractivity contribution in [1.29, 1.82) is 0 Å². The second-order valence-corrected chi connectivity index (χ2v) is 6.11. The highest BCUT2D eigenvalue weighted by Crippen LogP contribution is 2.26. The summed E-state index contributed by atoms with van der Waals surface area (Å²) in [5, 5.41) is 4.29. The summed E-state index contributed by atoms with van der Waals surface area (Å²) in [5.41, 5.74) is 2.60. The lowest BCUT2D eigenvalue weighted by Crippen LogP contribution is -2.30. The highest BCUT2D eigenvalue weighted by Gasteiger charge is 2.31. The number of rotatable bonds is 4. The van der Waals surface area contributed by atoms with Gasteiger partial charge in [0.25, 0.3) is 5.91 Å². The summed E-state index contributed by atoms with van der Waals surface area (Å²) in [6.45, 7) is 5.89. The average Bonchev–Trinajstić information content (AvgIpc) is 3.20. The summed E-state index contributed by atoms with van der Waals surface area (Å²) in [4.78, 5) is 18.9. The van der Waals surface area contributed by atoms with Crippen molar-refractivity contribution in [3.63, 3.8) is 0 Å². The molecule has 1 amide bonds. The van der Waals surface area contributed by atoms with Gasteiger partial charge in [0, 0.05) is 44.8 Å². The van der Waals surface area contributed by atoms with E-state index in [4.69, 9.17) is 4.74 Å². The second-order valence-electron chi connectivity index (χ2n) is 6.11. The Kier molecular flexibility index (Phi) is 4.21. The average molecular weight is 317 g/mol. The molecular formula is C16H23N5O2. The third-order valence-corrected chi connectivity index (χ3v) is 4.48. The Morgan fingerprint density at radius 1 is 1.39 bits per heavy atom. The van der Waals surface area contributed by atoms with Gasteiger partial charge < -0.3 is 14.2 Å². The van der Waals surface area contributed by atoms with E-state index in [9.17, 15) is 4.79 Å². The first kappa shape index (κ1) is 15.7. The number of aromatic nitrogens is 4. The first-order valence-electron chi connectivity index (χ1n) is 7.82. The van der Waals surface area contributed by atoms with Crippen molar-refractivity contribution >= 4 is 5.91 Å². The Morgan fingerprint density at radius 2 is 2.17 bits per heavy atom. The molecule has 1 saturated heterocycles. The van der Waals surface area contributed by atoms with Gasteiger partial charge in [0.1, 0.15) is 12.4 Å². The van der Waals surface area contributed by atoms with Gasteiger partial charge in [-0.15, -0.1) is 0 Å². The van der Waals surface area contributed by atoms with Gasteiger partial charge in [-0.3, -0.25) is 9.48 Å². The molecule has 0 spiro atoms. The molecule has 7 nitrogen and oxygen atoms in total. The molecule has 0 radical (unpaired) electrons. The van der Waals surface area contributed by atoms with Gasteiger partial charge in [0.2, 0.25) is 0 Å². The van der Waals surface area contributed by atoms with Gasteiger partial charge in [-0.25, -0.2) is 4.98 Å². The van der Waals surface area contributed by atoms with Crippen LogP contribution < -0.4 is 0 Å². The van der Waals surface area contributed by atoms with Crippen LogP contribution in [-0.4, -0.2) is 50.3 Å². The predicted octanol–water partition coefficient (Wildman–Crippen LogP) is 1.47. The molecule has 124 valence electrons. The zero-order chi connectivity index (χ0) is 16.6. The van der Waals surface area contributed by atoms with Crippen molar-refractivity contribution in [2.45, 2.75) is 32.9 Å². The van der Waals surface area contributed by atoms with Gasteiger partial charge in [0.15, 0.2) is 5.69 Å². The number of methoxy groups -OCH3 is 1. The van der Waals surface area contributed by atoms with Crippen molar-refractivity contribution in [2.24, 2.45) is 7.05 Å². The maximum atomic E-state index is 12.6. The highest BCUT2D eigenvalue weighted by atomic mass is 16.5. The molecule has 1 aliphatic rings. The van der Waals surface area contributed by atoms with Crippen LogP contribution in [0.4, 0.5) is 0 Å². The van der Waals surface area contributed by atoms with Gasteiger partial charge in [-0.2, -0.15) is 5.10 Å². The van der Waals surface area contributed by atoms with E-state index < -0.39 is 0 Å². The third kappa shape index (κ3) is 2.88. The quantitative estimate of drug-likeness (QED) is 0.856. The molecule has 0 N–H and O–H groups in total. The molecule has 23 heavy (non-hydrogen) atoms. The minimum atomic E-state index is 0.00209. The second kappa shape index (κ2) is 6.16. The monoisotopic (exact) mass is 317 g/mol. The van der Waals surface area contributed by atoms with Crippen LogP contribution in [-0.2, 0) is 18.4 Å². The number of carbonyl (C=O) groups is 1. The van der Waals surface area contributed by atoms with E-state index in [1.54, 1.807) is 11.8 Å². The van der Waals surface area contributed by atoms with Gasteiger partial charge in [-0.1, -0.05) is 0 Å². The maximum Gasteiger partial charge on any atom is 0.274 e. The van der Waals surface area contributed by atoms with Gasteiger partial charge in [-0.05, 0) is 26.3 Å². The van der Waals surface area contributed by atoms with E-state index in [0.717, 1.165) is 30.2 Å². The van der Waals surface area contributed by atoms with Crippen LogP contribution in [0.5, 0.6) is 0 Å². The van der Waals surface area contributed by atoms with Crippen LogP contribution in [0.1, 0.15) is 40.2 Å². The van der Waals surface area contributed by atoms with Crippen LogP contribution >= 0.6 is 0 Å². The fourth-order valence-corrected chi connectivity index (χ4v) is 3.19. The molecule has 3 rings (SSSR count). The first-order chi connectivity index (χ1) is 11.0. The fourth-order valence-electron chi connectivity index (χ4n) is 3.19. The molecule has 1 unspecified atom stereocenters. The normalized spacial score (nSPS) is 17.9. The number of hydrogen-bond acceptors (Lipinski definition) is 4. The van der Waals surface area contributed by atoms with Crippen LogP contribution in [0.3, 0.4) is 0 Å². The fraction of sp³-hybridized carbons (Fsp3) is 0.562. The van der Waals surface area contributed by atoms with E-state index in [1.165, 1.54) is 0 Å². The lowest BCUT2D eigenvalue weighted by atomic mass is 10.2. The SMILES string of the molecule is COCc1ncc(C)n1C1CCN(C(=O)c2cc(C)n(C)n2)C1. The van der Waals surface area contributed by atoms with Crippen molar-refractivity contribution < 1.29 is 9.53 Å². The Hall–Kier alpha value is -2.15. The van der Waals surface area contributed by atoms with Crippen molar-refractivity contribution in [3.05, 3.63) is 35.2 Å². The van der Waals surface area contributed by atoms with E-state index in [-0.39, 0.29) is 11.9 Å².